The summed E-state index contributed by atoms with van der Waals surface area (Å²) in [5.74, 6) is -0.827. The Hall–Kier alpha value is -2.86. The number of benzene rings is 2. The molecule has 146 valence electrons. The van der Waals surface area contributed by atoms with Gasteiger partial charge < -0.3 is 15.0 Å². The van der Waals surface area contributed by atoms with Gasteiger partial charge in [-0.1, -0.05) is 35.9 Å². The third kappa shape index (κ3) is 4.51. The van der Waals surface area contributed by atoms with Gasteiger partial charge in [-0.15, -0.1) is 0 Å². The number of amides is 2. The first-order valence-corrected chi connectivity index (χ1v) is 9.40. The fourth-order valence-electron chi connectivity index (χ4n) is 3.33. The minimum Gasteiger partial charge on any atom is -0.465 e. The number of urea groups is 1. The van der Waals surface area contributed by atoms with Crippen LogP contribution in [-0.4, -0.2) is 42.9 Å². The summed E-state index contributed by atoms with van der Waals surface area (Å²) in [6.45, 7) is 0.864. The van der Waals surface area contributed by atoms with Crippen molar-refractivity contribution >= 4 is 35.1 Å². The number of anilines is 1. The zero-order valence-corrected chi connectivity index (χ0v) is 16.2. The van der Waals surface area contributed by atoms with Crippen LogP contribution in [0.3, 0.4) is 0 Å². The molecule has 2 aromatic rings. The standard InChI is InChI=1S/C21H21ClN2O4/c1-28-20(26)17-9-2-3-10-18(17)23-21(27)24-11-5-7-15(13-24)19(25)14-6-4-8-16(22)12-14/h2-4,6,8-10,12,15H,5,7,11,13H2,1H3,(H,23,27)/t15-/m1/s1. The first-order valence-electron chi connectivity index (χ1n) is 9.02. The van der Waals surface area contributed by atoms with Crippen LogP contribution in [0.5, 0.6) is 0 Å². The Bertz CT molecular complexity index is 899. The van der Waals surface area contributed by atoms with Crippen LogP contribution in [0.1, 0.15) is 33.6 Å². The first-order chi connectivity index (χ1) is 13.5. The molecule has 0 bridgehead atoms. The minimum absolute atomic E-state index is 0.0186. The van der Waals surface area contributed by atoms with Crippen molar-refractivity contribution in [1.29, 1.82) is 0 Å². The van der Waals surface area contributed by atoms with Crippen LogP contribution < -0.4 is 5.32 Å². The average molecular weight is 401 g/mol. The van der Waals surface area contributed by atoms with Crippen molar-refractivity contribution in [2.45, 2.75) is 12.8 Å². The van der Waals surface area contributed by atoms with Gasteiger partial charge in [0.05, 0.1) is 18.4 Å². The lowest BCUT2D eigenvalue weighted by Gasteiger charge is -2.32. The number of carbonyl (C=O) groups is 3. The summed E-state index contributed by atoms with van der Waals surface area (Å²) >= 11 is 5.99. The highest BCUT2D eigenvalue weighted by molar-refractivity contribution is 6.31. The molecule has 1 heterocycles. The highest BCUT2D eigenvalue weighted by atomic mass is 35.5. The van der Waals surface area contributed by atoms with Crippen LogP contribution in [-0.2, 0) is 4.74 Å². The monoisotopic (exact) mass is 400 g/mol. The van der Waals surface area contributed by atoms with Gasteiger partial charge in [-0.05, 0) is 37.1 Å². The van der Waals surface area contributed by atoms with Crippen molar-refractivity contribution < 1.29 is 19.1 Å². The molecule has 1 aliphatic heterocycles. The maximum Gasteiger partial charge on any atom is 0.339 e. The molecule has 1 aliphatic rings. The predicted molar refractivity (Wildman–Crippen MR) is 107 cm³/mol. The molecule has 1 saturated heterocycles. The van der Waals surface area contributed by atoms with Crippen LogP contribution >= 0.6 is 11.6 Å². The van der Waals surface area contributed by atoms with E-state index in [-0.39, 0.29) is 23.3 Å². The van der Waals surface area contributed by atoms with E-state index in [2.05, 4.69) is 5.32 Å². The van der Waals surface area contributed by atoms with Gasteiger partial charge in [-0.25, -0.2) is 9.59 Å². The van der Waals surface area contributed by atoms with Crippen LogP contribution in [0.2, 0.25) is 5.02 Å². The number of carbonyl (C=O) groups excluding carboxylic acids is 3. The number of methoxy groups -OCH3 is 1. The fraction of sp³-hybridized carbons (Fsp3) is 0.286. The fourth-order valence-corrected chi connectivity index (χ4v) is 3.52. The van der Waals surface area contributed by atoms with E-state index in [4.69, 9.17) is 16.3 Å². The summed E-state index contributed by atoms with van der Waals surface area (Å²) < 4.78 is 4.75. The highest BCUT2D eigenvalue weighted by Gasteiger charge is 2.29. The largest absolute Gasteiger partial charge is 0.465 e. The van der Waals surface area contributed by atoms with Gasteiger partial charge in [0.15, 0.2) is 5.78 Å². The van der Waals surface area contributed by atoms with E-state index in [1.807, 2.05) is 0 Å². The van der Waals surface area contributed by atoms with Gasteiger partial charge in [0, 0.05) is 29.6 Å². The second kappa shape index (κ2) is 8.89. The molecule has 0 aromatic heterocycles. The summed E-state index contributed by atoms with van der Waals surface area (Å²) in [5.41, 5.74) is 1.21. The van der Waals surface area contributed by atoms with Gasteiger partial charge >= 0.3 is 12.0 Å². The molecule has 6 nitrogen and oxygen atoms in total. The molecule has 0 saturated carbocycles. The number of ketones is 1. The van der Waals surface area contributed by atoms with Crippen molar-refractivity contribution in [2.75, 3.05) is 25.5 Å². The molecule has 0 aliphatic carbocycles. The quantitative estimate of drug-likeness (QED) is 0.614. The highest BCUT2D eigenvalue weighted by Crippen LogP contribution is 2.24. The molecule has 2 amide bonds. The molecule has 3 rings (SSSR count). The Morgan fingerprint density at radius 3 is 2.68 bits per heavy atom. The average Bonchev–Trinajstić information content (AvgIpc) is 2.73. The third-order valence-electron chi connectivity index (χ3n) is 4.76. The summed E-state index contributed by atoms with van der Waals surface area (Å²) in [6, 6.07) is 13.2. The second-order valence-electron chi connectivity index (χ2n) is 6.63. The van der Waals surface area contributed by atoms with E-state index in [0.717, 1.165) is 6.42 Å². The van der Waals surface area contributed by atoms with E-state index in [0.29, 0.717) is 35.8 Å². The van der Waals surface area contributed by atoms with Crippen LogP contribution in [0.4, 0.5) is 10.5 Å². The van der Waals surface area contributed by atoms with Crippen LogP contribution in [0.15, 0.2) is 48.5 Å². The number of nitrogens with zero attached hydrogens (tertiary/aromatic N) is 1. The van der Waals surface area contributed by atoms with E-state index in [1.54, 1.807) is 53.4 Å². The minimum atomic E-state index is -0.524. The normalized spacial score (nSPS) is 16.4. The van der Waals surface area contributed by atoms with Crippen molar-refractivity contribution in [3.63, 3.8) is 0 Å². The zero-order chi connectivity index (χ0) is 20.1. The number of ether oxygens (including phenoxy) is 1. The summed E-state index contributed by atoms with van der Waals surface area (Å²) in [7, 11) is 1.29. The summed E-state index contributed by atoms with van der Waals surface area (Å²) in [4.78, 5) is 39.0. The molecular formula is C21H21ClN2O4. The molecular weight excluding hydrogens is 380 g/mol. The SMILES string of the molecule is COC(=O)c1ccccc1NC(=O)N1CCC[C@@H](C(=O)c2cccc(Cl)c2)C1. The number of para-hydroxylation sites is 1. The molecule has 0 spiro atoms. The number of nitrogens with one attached hydrogen (secondary N) is 1. The van der Waals surface area contributed by atoms with Gasteiger partial charge in [-0.2, -0.15) is 0 Å². The molecule has 1 N–H and O–H groups in total. The Labute approximate surface area is 168 Å². The van der Waals surface area contributed by atoms with Crippen LogP contribution in [0.25, 0.3) is 0 Å². The number of hydrogen-bond donors (Lipinski definition) is 1. The molecule has 7 heteroatoms. The predicted octanol–water partition coefficient (Wildman–Crippen LogP) is 4.25. The second-order valence-corrected chi connectivity index (χ2v) is 7.06. The number of Topliss-reactive ketones (excluding diaryl/α,β-unsaturated/α-hetero) is 1. The van der Waals surface area contributed by atoms with E-state index in [1.165, 1.54) is 7.11 Å². The lowest BCUT2D eigenvalue weighted by Crippen LogP contribution is -2.44. The maximum atomic E-state index is 12.8. The zero-order valence-electron chi connectivity index (χ0n) is 15.5. The number of rotatable bonds is 4. The maximum absolute atomic E-state index is 12.8. The molecule has 1 atom stereocenters. The van der Waals surface area contributed by atoms with E-state index < -0.39 is 5.97 Å². The Balaban J connectivity index is 1.70. The summed E-state index contributed by atoms with van der Waals surface area (Å²) in [6.07, 6.45) is 1.44. The molecule has 0 unspecified atom stereocenters. The molecule has 28 heavy (non-hydrogen) atoms. The van der Waals surface area contributed by atoms with E-state index >= 15 is 0 Å². The third-order valence-corrected chi connectivity index (χ3v) is 5.00. The smallest absolute Gasteiger partial charge is 0.339 e. The van der Waals surface area contributed by atoms with E-state index in [9.17, 15) is 14.4 Å². The lowest BCUT2D eigenvalue weighted by molar-refractivity contribution is 0.0601. The molecule has 1 fully saturated rings. The number of piperidine rings is 1. The van der Waals surface area contributed by atoms with Crippen molar-refractivity contribution in [3.05, 3.63) is 64.7 Å². The van der Waals surface area contributed by atoms with Crippen molar-refractivity contribution in [2.24, 2.45) is 5.92 Å². The molecule has 0 radical (unpaired) electrons. The van der Waals surface area contributed by atoms with Gasteiger partial charge in [0.25, 0.3) is 0 Å². The van der Waals surface area contributed by atoms with Gasteiger partial charge in [-0.3, -0.25) is 4.79 Å². The number of esters is 1. The number of hydrogen-bond acceptors (Lipinski definition) is 4. The Morgan fingerprint density at radius 1 is 1.14 bits per heavy atom. The Morgan fingerprint density at radius 2 is 1.93 bits per heavy atom. The first kappa shape index (κ1) is 19.9. The van der Waals surface area contributed by atoms with Crippen LogP contribution in [0, 0.1) is 5.92 Å². The summed E-state index contributed by atoms with van der Waals surface area (Å²) in [5, 5.41) is 3.27. The van der Waals surface area contributed by atoms with Crippen molar-refractivity contribution in [1.82, 2.24) is 4.90 Å². The number of halogens is 1. The topological polar surface area (TPSA) is 75.7 Å². The van der Waals surface area contributed by atoms with Gasteiger partial charge in [0.1, 0.15) is 0 Å². The molecule has 2 aromatic carbocycles. The van der Waals surface area contributed by atoms with Crippen molar-refractivity contribution in [3.8, 4) is 0 Å². The lowest BCUT2D eigenvalue weighted by atomic mass is 9.90. The Kier molecular flexibility index (Phi) is 6.31. The number of likely N-dealkylation sites (tertiary alicyclic amines) is 1. The van der Waals surface area contributed by atoms with Gasteiger partial charge in [0.2, 0.25) is 0 Å².